The van der Waals surface area contributed by atoms with E-state index in [1.165, 1.54) is 43.5 Å². The van der Waals surface area contributed by atoms with Crippen LogP contribution in [0, 0.1) is 16.0 Å². The number of carbonyl (C=O) groups excluding carboxylic acids is 1. The average Bonchev–Trinajstić information content (AvgIpc) is 2.81. The Hall–Kier alpha value is -3.10. The third kappa shape index (κ3) is 6.03. The fourth-order valence-corrected chi connectivity index (χ4v) is 4.57. The second-order valence-corrected chi connectivity index (χ2v) is 8.32. The van der Waals surface area contributed by atoms with Crippen LogP contribution in [0.15, 0.2) is 54.6 Å². The number of nitrogens with zero attached hydrogens (tertiary/aromatic N) is 2. The first-order chi connectivity index (χ1) is 15.7. The molecule has 1 aliphatic rings. The predicted octanol–water partition coefficient (Wildman–Crippen LogP) is 5.95. The molecule has 2 atom stereocenters. The van der Waals surface area contributed by atoms with Crippen LogP contribution in [0.5, 0.6) is 5.75 Å². The van der Waals surface area contributed by atoms with Gasteiger partial charge in [0.05, 0.1) is 7.11 Å². The molecular weight excluding hydrogens is 437 g/mol. The number of methoxy groups -OCH3 is 1. The highest BCUT2D eigenvalue weighted by atomic mass is 19.4. The maximum atomic E-state index is 13.7. The fraction of sp³-hybridized carbons (Fsp3) is 0.458. The maximum Gasteiger partial charge on any atom is 0.471 e. The van der Waals surface area contributed by atoms with Crippen LogP contribution in [-0.4, -0.2) is 30.2 Å². The Kier molecular flexibility index (Phi) is 7.94. The summed E-state index contributed by atoms with van der Waals surface area (Å²) in [6.07, 6.45) is -0.595. The molecule has 6 nitrogen and oxygen atoms in total. The first kappa shape index (κ1) is 24.5. The lowest BCUT2D eigenvalue weighted by Gasteiger charge is -2.35. The molecule has 0 radical (unpaired) electrons. The van der Waals surface area contributed by atoms with Crippen LogP contribution < -0.4 is 9.64 Å². The van der Waals surface area contributed by atoms with Crippen LogP contribution >= 0.6 is 0 Å². The molecule has 0 spiro atoms. The normalized spacial score (nSPS) is 16.6. The number of carbonyl (C=O) groups is 1. The highest BCUT2D eigenvalue weighted by Gasteiger charge is 2.50. The molecule has 0 aliphatic heterocycles. The highest BCUT2D eigenvalue weighted by Crippen LogP contribution is 2.39. The Bertz CT molecular complexity index is 929. The molecule has 0 heterocycles. The van der Waals surface area contributed by atoms with Gasteiger partial charge in [0.25, 0.3) is 0 Å². The van der Waals surface area contributed by atoms with E-state index in [2.05, 4.69) is 0 Å². The molecule has 0 aromatic heterocycles. The van der Waals surface area contributed by atoms with Gasteiger partial charge in [-0.1, -0.05) is 62.4 Å². The molecule has 0 bridgehead atoms. The minimum Gasteiger partial charge on any atom is -0.497 e. The molecular formula is C24H27F3N2O4. The number of halogens is 3. The van der Waals surface area contributed by atoms with E-state index in [4.69, 9.17) is 4.74 Å². The van der Waals surface area contributed by atoms with Crippen molar-refractivity contribution in [2.24, 2.45) is 5.92 Å². The Balaban J connectivity index is 2.13. The largest absolute Gasteiger partial charge is 0.497 e. The van der Waals surface area contributed by atoms with Crippen molar-refractivity contribution in [2.45, 2.75) is 56.8 Å². The molecule has 3 rings (SSSR count). The Labute approximate surface area is 190 Å². The van der Waals surface area contributed by atoms with Crippen LogP contribution in [0.2, 0.25) is 0 Å². The monoisotopic (exact) mass is 464 g/mol. The number of nitro groups is 1. The summed E-state index contributed by atoms with van der Waals surface area (Å²) in [6, 6.07) is 10.6. The van der Waals surface area contributed by atoms with Gasteiger partial charge in [-0.15, -0.1) is 0 Å². The van der Waals surface area contributed by atoms with E-state index in [0.717, 1.165) is 32.1 Å². The molecule has 9 heteroatoms. The van der Waals surface area contributed by atoms with E-state index in [1.54, 1.807) is 18.2 Å². The summed E-state index contributed by atoms with van der Waals surface area (Å²) in [7, 11) is 1.41. The van der Waals surface area contributed by atoms with Gasteiger partial charge in [0.2, 0.25) is 6.04 Å². The van der Waals surface area contributed by atoms with Crippen molar-refractivity contribution < 1.29 is 27.6 Å². The van der Waals surface area contributed by atoms with Gasteiger partial charge in [-0.3, -0.25) is 19.8 Å². The van der Waals surface area contributed by atoms with Gasteiger partial charge in [0.1, 0.15) is 11.8 Å². The molecule has 1 aliphatic carbocycles. The summed E-state index contributed by atoms with van der Waals surface area (Å²) in [5, 5.41) is 12.3. The topological polar surface area (TPSA) is 72.7 Å². The van der Waals surface area contributed by atoms with E-state index in [-0.39, 0.29) is 23.6 Å². The second-order valence-electron chi connectivity index (χ2n) is 8.32. The van der Waals surface area contributed by atoms with Gasteiger partial charge in [0.15, 0.2) is 0 Å². The number of benzene rings is 2. The number of ether oxygens (including phenoxy) is 1. The number of anilines is 1. The van der Waals surface area contributed by atoms with Crippen molar-refractivity contribution in [1.82, 2.24) is 0 Å². The summed E-state index contributed by atoms with van der Waals surface area (Å²) in [6.45, 7) is 0. The van der Waals surface area contributed by atoms with E-state index in [1.807, 2.05) is 0 Å². The minimum absolute atomic E-state index is 0.0269. The molecule has 2 aromatic rings. The first-order valence-corrected chi connectivity index (χ1v) is 10.9. The van der Waals surface area contributed by atoms with Gasteiger partial charge in [-0.2, -0.15) is 13.2 Å². The third-order valence-corrected chi connectivity index (χ3v) is 6.17. The molecule has 33 heavy (non-hydrogen) atoms. The van der Waals surface area contributed by atoms with E-state index in [9.17, 15) is 28.1 Å². The summed E-state index contributed by atoms with van der Waals surface area (Å²) in [5.41, 5.74) is 0.200. The van der Waals surface area contributed by atoms with Crippen molar-refractivity contribution in [3.05, 3.63) is 70.3 Å². The van der Waals surface area contributed by atoms with Crippen LogP contribution in [0.25, 0.3) is 0 Å². The lowest BCUT2D eigenvalue weighted by molar-refractivity contribution is -0.529. The quantitative estimate of drug-likeness (QED) is 0.358. The Morgan fingerprint density at radius 1 is 1.09 bits per heavy atom. The van der Waals surface area contributed by atoms with Crippen molar-refractivity contribution in [2.75, 3.05) is 12.0 Å². The van der Waals surface area contributed by atoms with Gasteiger partial charge in [0, 0.05) is 17.0 Å². The lowest BCUT2D eigenvalue weighted by Crippen LogP contribution is -2.49. The van der Waals surface area contributed by atoms with E-state index in [0.29, 0.717) is 10.6 Å². The smallest absolute Gasteiger partial charge is 0.471 e. The zero-order chi connectivity index (χ0) is 24.0. The average molecular weight is 464 g/mol. The Morgan fingerprint density at radius 3 is 2.21 bits per heavy atom. The van der Waals surface area contributed by atoms with Crippen molar-refractivity contribution >= 4 is 11.6 Å². The predicted molar refractivity (Wildman–Crippen MR) is 118 cm³/mol. The lowest BCUT2D eigenvalue weighted by atomic mass is 9.82. The zero-order valence-electron chi connectivity index (χ0n) is 18.3. The standard InChI is InChI=1S/C24H27F3N2O4/c1-33-20-14-12-19(13-15-20)28(23(30)24(25,26)27)22(18-10-6-3-7-11-18)21(29(31)32)16-17-8-4-2-5-9-17/h3,6-7,10-15,17,21-22H,2,4-5,8-9,16H2,1H3/t21-,22+/m1/s1. The van der Waals surface area contributed by atoms with Crippen LogP contribution in [0.1, 0.15) is 50.1 Å². The summed E-state index contributed by atoms with van der Waals surface area (Å²) < 4.78 is 46.3. The molecule has 0 unspecified atom stereocenters. The Morgan fingerprint density at radius 2 is 1.70 bits per heavy atom. The van der Waals surface area contributed by atoms with Crippen molar-refractivity contribution in [3.63, 3.8) is 0 Å². The highest BCUT2D eigenvalue weighted by molar-refractivity contribution is 5.98. The van der Waals surface area contributed by atoms with Gasteiger partial charge < -0.3 is 4.74 Å². The fourth-order valence-electron chi connectivity index (χ4n) is 4.57. The number of hydrogen-bond acceptors (Lipinski definition) is 4. The van der Waals surface area contributed by atoms with E-state index >= 15 is 0 Å². The minimum atomic E-state index is -5.21. The van der Waals surface area contributed by atoms with Gasteiger partial charge >= 0.3 is 12.1 Å². The second kappa shape index (κ2) is 10.7. The molecule has 178 valence electrons. The van der Waals surface area contributed by atoms with Gasteiger partial charge in [-0.25, -0.2) is 0 Å². The molecule has 0 saturated heterocycles. The zero-order valence-corrected chi connectivity index (χ0v) is 18.3. The maximum absolute atomic E-state index is 13.7. The van der Waals surface area contributed by atoms with Crippen LogP contribution in [0.4, 0.5) is 18.9 Å². The summed E-state index contributed by atoms with van der Waals surface area (Å²) in [5.74, 6) is -1.72. The number of amides is 1. The molecule has 1 saturated carbocycles. The first-order valence-electron chi connectivity index (χ1n) is 10.9. The van der Waals surface area contributed by atoms with Crippen molar-refractivity contribution in [3.8, 4) is 5.75 Å². The molecule has 1 amide bonds. The summed E-state index contributed by atoms with van der Waals surface area (Å²) >= 11 is 0. The molecule has 2 aromatic carbocycles. The SMILES string of the molecule is COc1ccc(N(C(=O)C(F)(F)F)[C@@H](c2ccccc2)[C@@H](CC2CCCCC2)[N+](=O)[O-])cc1. The van der Waals surface area contributed by atoms with Crippen LogP contribution in [0.3, 0.4) is 0 Å². The number of rotatable bonds is 8. The van der Waals surface area contributed by atoms with Crippen molar-refractivity contribution in [1.29, 1.82) is 0 Å². The number of alkyl halides is 3. The molecule has 1 fully saturated rings. The molecule has 0 N–H and O–H groups in total. The van der Waals surface area contributed by atoms with Gasteiger partial charge in [-0.05, 0) is 35.7 Å². The third-order valence-electron chi connectivity index (χ3n) is 6.17. The number of hydrogen-bond donors (Lipinski definition) is 0. The van der Waals surface area contributed by atoms with Crippen LogP contribution in [-0.2, 0) is 4.79 Å². The summed E-state index contributed by atoms with van der Waals surface area (Å²) in [4.78, 5) is 25.0. The van der Waals surface area contributed by atoms with E-state index < -0.39 is 29.1 Å².